The molecule has 4 amide bonds. The summed E-state index contributed by atoms with van der Waals surface area (Å²) in [4.78, 5) is 36.3. The first-order valence-electron chi connectivity index (χ1n) is 6.39. The van der Waals surface area contributed by atoms with Crippen molar-refractivity contribution in [3.05, 3.63) is 0 Å². The van der Waals surface area contributed by atoms with E-state index in [0.29, 0.717) is 32.0 Å². The maximum Gasteiger partial charge on any atom is 0.330 e. The van der Waals surface area contributed by atoms with Crippen molar-refractivity contribution >= 4 is 17.8 Å². The Balaban J connectivity index is 1.54. The fourth-order valence-electron chi connectivity index (χ4n) is 2.19. The van der Waals surface area contributed by atoms with Crippen molar-refractivity contribution in [3.8, 4) is 0 Å². The third-order valence-electron chi connectivity index (χ3n) is 3.81. The molecular formula is C12H16N2O4. The van der Waals surface area contributed by atoms with Gasteiger partial charge in [-0.3, -0.25) is 19.8 Å². The van der Waals surface area contributed by atoms with Crippen LogP contribution in [0.15, 0.2) is 0 Å². The number of urea groups is 1. The van der Waals surface area contributed by atoms with Crippen LogP contribution in [-0.2, 0) is 14.3 Å². The van der Waals surface area contributed by atoms with Gasteiger partial charge in [0.25, 0.3) is 0 Å². The monoisotopic (exact) mass is 252 g/mol. The molecule has 98 valence electrons. The summed E-state index contributed by atoms with van der Waals surface area (Å²) < 4.78 is 5.41. The van der Waals surface area contributed by atoms with Gasteiger partial charge in [-0.1, -0.05) is 0 Å². The second-order valence-corrected chi connectivity index (χ2v) is 5.32. The lowest BCUT2D eigenvalue weighted by atomic mass is 10.0. The van der Waals surface area contributed by atoms with Crippen molar-refractivity contribution in [1.82, 2.24) is 10.2 Å². The van der Waals surface area contributed by atoms with E-state index in [1.54, 1.807) is 0 Å². The first-order valence-corrected chi connectivity index (χ1v) is 6.39. The number of imide groups is 2. The number of hydrogen-bond acceptors (Lipinski definition) is 4. The Kier molecular flexibility index (Phi) is 2.62. The molecule has 1 aliphatic heterocycles. The van der Waals surface area contributed by atoms with E-state index in [1.807, 2.05) is 0 Å². The van der Waals surface area contributed by atoms with E-state index in [0.717, 1.165) is 4.90 Å². The normalized spacial score (nSPS) is 25.6. The van der Waals surface area contributed by atoms with Crippen LogP contribution in [0.3, 0.4) is 0 Å². The van der Waals surface area contributed by atoms with Crippen LogP contribution in [-0.4, -0.2) is 42.5 Å². The van der Waals surface area contributed by atoms with E-state index in [-0.39, 0.29) is 12.5 Å². The SMILES string of the molecule is O=C1NC(=O)C2(CC2)C(=O)N1CCOCC1CC1. The predicted molar refractivity (Wildman–Crippen MR) is 60.5 cm³/mol. The minimum atomic E-state index is -0.940. The molecule has 1 spiro atoms. The van der Waals surface area contributed by atoms with Crippen molar-refractivity contribution in [2.75, 3.05) is 19.8 Å². The Labute approximate surface area is 105 Å². The number of amides is 4. The molecule has 3 aliphatic rings. The maximum absolute atomic E-state index is 12.1. The Bertz CT molecular complexity index is 412. The highest BCUT2D eigenvalue weighted by Gasteiger charge is 2.62. The molecule has 0 atom stereocenters. The van der Waals surface area contributed by atoms with Gasteiger partial charge in [0.15, 0.2) is 0 Å². The van der Waals surface area contributed by atoms with Gasteiger partial charge in [-0.05, 0) is 31.6 Å². The third kappa shape index (κ3) is 1.90. The minimum Gasteiger partial charge on any atom is -0.379 e. The molecule has 0 unspecified atom stereocenters. The van der Waals surface area contributed by atoms with Gasteiger partial charge < -0.3 is 4.74 Å². The van der Waals surface area contributed by atoms with Crippen molar-refractivity contribution in [2.24, 2.45) is 11.3 Å². The van der Waals surface area contributed by atoms with Crippen LogP contribution in [0.25, 0.3) is 0 Å². The van der Waals surface area contributed by atoms with Gasteiger partial charge in [0.1, 0.15) is 5.41 Å². The Morgan fingerprint density at radius 2 is 2.00 bits per heavy atom. The molecule has 2 saturated carbocycles. The topological polar surface area (TPSA) is 75.7 Å². The average molecular weight is 252 g/mol. The Morgan fingerprint density at radius 1 is 1.28 bits per heavy atom. The highest BCUT2D eigenvalue weighted by atomic mass is 16.5. The first kappa shape index (κ1) is 11.6. The lowest BCUT2D eigenvalue weighted by Crippen LogP contribution is -2.59. The molecule has 6 nitrogen and oxygen atoms in total. The third-order valence-corrected chi connectivity index (χ3v) is 3.81. The lowest BCUT2D eigenvalue weighted by Gasteiger charge is -2.30. The maximum atomic E-state index is 12.1. The average Bonchev–Trinajstić information content (AvgIpc) is 3.21. The summed E-state index contributed by atoms with van der Waals surface area (Å²) in [5, 5.41) is 2.25. The zero-order chi connectivity index (χ0) is 12.8. The second kappa shape index (κ2) is 4.05. The molecule has 2 aliphatic carbocycles. The second-order valence-electron chi connectivity index (χ2n) is 5.32. The summed E-state index contributed by atoms with van der Waals surface area (Å²) in [6.07, 6.45) is 3.51. The highest BCUT2D eigenvalue weighted by Crippen LogP contribution is 2.48. The molecule has 0 aromatic heterocycles. The number of ether oxygens (including phenoxy) is 1. The zero-order valence-corrected chi connectivity index (χ0v) is 10.1. The van der Waals surface area contributed by atoms with Crippen LogP contribution in [0.2, 0.25) is 0 Å². The van der Waals surface area contributed by atoms with Crippen molar-refractivity contribution in [3.63, 3.8) is 0 Å². The van der Waals surface area contributed by atoms with E-state index < -0.39 is 17.4 Å². The van der Waals surface area contributed by atoms with Crippen molar-refractivity contribution in [1.29, 1.82) is 0 Å². The van der Waals surface area contributed by atoms with Gasteiger partial charge in [-0.2, -0.15) is 0 Å². The number of carbonyl (C=O) groups excluding carboxylic acids is 3. The molecule has 3 rings (SSSR count). The minimum absolute atomic E-state index is 0.229. The van der Waals surface area contributed by atoms with Crippen LogP contribution in [0.1, 0.15) is 25.7 Å². The largest absolute Gasteiger partial charge is 0.379 e. The summed E-state index contributed by atoms with van der Waals surface area (Å²) in [6.45, 7) is 1.28. The molecular weight excluding hydrogens is 236 g/mol. The first-order chi connectivity index (χ1) is 8.63. The van der Waals surface area contributed by atoms with Gasteiger partial charge >= 0.3 is 6.03 Å². The van der Waals surface area contributed by atoms with E-state index in [1.165, 1.54) is 12.8 Å². The molecule has 0 bridgehead atoms. The number of rotatable bonds is 5. The van der Waals surface area contributed by atoms with Gasteiger partial charge in [0.05, 0.1) is 13.2 Å². The summed E-state index contributed by atoms with van der Waals surface area (Å²) >= 11 is 0. The Hall–Kier alpha value is -1.43. The standard InChI is InChI=1S/C12H16N2O4/c15-9-12(3-4-12)10(16)14(11(17)13-9)5-6-18-7-8-1-2-8/h8H,1-7H2,(H,13,15,17). The molecule has 0 aromatic rings. The van der Waals surface area contributed by atoms with Crippen molar-refractivity contribution < 1.29 is 19.1 Å². The summed E-state index contributed by atoms with van der Waals surface area (Å²) in [6, 6.07) is -0.613. The van der Waals surface area contributed by atoms with Gasteiger partial charge in [-0.25, -0.2) is 4.79 Å². The highest BCUT2D eigenvalue weighted by molar-refractivity contribution is 6.20. The van der Waals surface area contributed by atoms with Crippen LogP contribution in [0, 0.1) is 11.3 Å². The molecule has 0 aromatic carbocycles. The van der Waals surface area contributed by atoms with E-state index in [4.69, 9.17) is 4.74 Å². The molecule has 18 heavy (non-hydrogen) atoms. The number of nitrogens with one attached hydrogen (secondary N) is 1. The molecule has 6 heteroatoms. The fourth-order valence-corrected chi connectivity index (χ4v) is 2.19. The van der Waals surface area contributed by atoms with E-state index in [2.05, 4.69) is 5.32 Å². The molecule has 1 saturated heterocycles. The molecule has 3 fully saturated rings. The summed E-state index contributed by atoms with van der Waals surface area (Å²) in [5.74, 6) is -0.133. The summed E-state index contributed by atoms with van der Waals surface area (Å²) in [7, 11) is 0. The molecule has 0 radical (unpaired) electrons. The van der Waals surface area contributed by atoms with Crippen LogP contribution in [0.4, 0.5) is 4.79 Å². The van der Waals surface area contributed by atoms with Gasteiger partial charge in [-0.15, -0.1) is 0 Å². The van der Waals surface area contributed by atoms with Crippen LogP contribution < -0.4 is 5.32 Å². The fraction of sp³-hybridized carbons (Fsp3) is 0.750. The molecule has 1 N–H and O–H groups in total. The van der Waals surface area contributed by atoms with E-state index >= 15 is 0 Å². The molecule has 1 heterocycles. The smallest absolute Gasteiger partial charge is 0.330 e. The van der Waals surface area contributed by atoms with Crippen LogP contribution >= 0.6 is 0 Å². The van der Waals surface area contributed by atoms with Gasteiger partial charge in [0.2, 0.25) is 11.8 Å². The predicted octanol–water partition coefficient (Wildman–Crippen LogP) is 0.272. The van der Waals surface area contributed by atoms with Crippen molar-refractivity contribution in [2.45, 2.75) is 25.7 Å². The number of carbonyl (C=O) groups is 3. The van der Waals surface area contributed by atoms with Gasteiger partial charge in [0, 0.05) is 6.61 Å². The zero-order valence-electron chi connectivity index (χ0n) is 10.1. The summed E-state index contributed by atoms with van der Waals surface area (Å²) in [5.41, 5.74) is -0.940. The van der Waals surface area contributed by atoms with Crippen LogP contribution in [0.5, 0.6) is 0 Å². The van der Waals surface area contributed by atoms with E-state index in [9.17, 15) is 14.4 Å². The number of barbiturate groups is 1. The quantitative estimate of drug-likeness (QED) is 0.563. The number of hydrogen-bond donors (Lipinski definition) is 1. The Morgan fingerprint density at radius 3 is 2.61 bits per heavy atom. The number of nitrogens with zero attached hydrogens (tertiary/aromatic N) is 1. The lowest BCUT2D eigenvalue weighted by molar-refractivity contribution is -0.145.